The zero-order valence-corrected chi connectivity index (χ0v) is 17.4. The van der Waals surface area contributed by atoms with E-state index < -0.39 is 5.97 Å². The molecule has 0 saturated carbocycles. The fourth-order valence-electron chi connectivity index (χ4n) is 4.19. The summed E-state index contributed by atoms with van der Waals surface area (Å²) in [5, 5.41) is 9.03. The van der Waals surface area contributed by atoms with Crippen LogP contribution in [-0.4, -0.2) is 11.1 Å². The fourth-order valence-corrected chi connectivity index (χ4v) is 4.19. The molecule has 2 aromatic carbocycles. The van der Waals surface area contributed by atoms with Crippen molar-refractivity contribution in [2.75, 3.05) is 0 Å². The first-order valence-corrected chi connectivity index (χ1v) is 10.2. The molecule has 0 aliphatic heterocycles. The van der Waals surface area contributed by atoms with E-state index in [-0.39, 0.29) is 5.41 Å². The van der Waals surface area contributed by atoms with Gasteiger partial charge in [0.2, 0.25) is 0 Å². The summed E-state index contributed by atoms with van der Waals surface area (Å²) in [5.41, 5.74) is 8.69. The lowest BCUT2D eigenvalue weighted by molar-refractivity contribution is 0.0697. The highest BCUT2D eigenvalue weighted by atomic mass is 16.4. The number of carboxylic acid groups (broad SMARTS) is 1. The van der Waals surface area contributed by atoms with Crippen molar-refractivity contribution >= 4 is 23.7 Å². The number of carboxylic acids is 1. The van der Waals surface area contributed by atoms with Gasteiger partial charge >= 0.3 is 5.97 Å². The Hall–Kier alpha value is -2.61. The Morgan fingerprint density at radius 3 is 2.21 bits per heavy atom. The van der Waals surface area contributed by atoms with Crippen LogP contribution in [0.15, 0.2) is 48.0 Å². The predicted molar refractivity (Wildman–Crippen MR) is 119 cm³/mol. The first-order chi connectivity index (χ1) is 13.4. The summed E-state index contributed by atoms with van der Waals surface area (Å²) in [4.78, 5) is 11.0. The Morgan fingerprint density at radius 1 is 1.00 bits per heavy atom. The lowest BCUT2D eigenvalue weighted by atomic mass is 9.69. The van der Waals surface area contributed by atoms with E-state index in [2.05, 4.69) is 52.0 Å². The molecule has 28 heavy (non-hydrogen) atoms. The van der Waals surface area contributed by atoms with Gasteiger partial charge in [-0.15, -0.1) is 0 Å². The molecule has 0 radical (unpaired) electrons. The zero-order chi connectivity index (χ0) is 20.3. The summed E-state index contributed by atoms with van der Waals surface area (Å²) in [6.45, 7) is 9.21. The number of allylic oxidation sites excluding steroid dienone is 2. The van der Waals surface area contributed by atoms with Gasteiger partial charge in [0.25, 0.3) is 0 Å². The van der Waals surface area contributed by atoms with Crippen LogP contribution >= 0.6 is 0 Å². The van der Waals surface area contributed by atoms with Crippen molar-refractivity contribution in [3.05, 3.63) is 75.9 Å². The van der Waals surface area contributed by atoms with E-state index >= 15 is 0 Å². The lowest BCUT2D eigenvalue weighted by Gasteiger charge is -2.35. The molecule has 0 bridgehead atoms. The van der Waals surface area contributed by atoms with Crippen LogP contribution in [0.5, 0.6) is 0 Å². The van der Waals surface area contributed by atoms with E-state index in [9.17, 15) is 4.79 Å². The largest absolute Gasteiger partial charge is 0.478 e. The second-order valence-electron chi connectivity index (χ2n) is 8.24. The molecule has 2 heteroatoms. The molecule has 0 spiro atoms. The van der Waals surface area contributed by atoms with E-state index in [1.165, 1.54) is 23.1 Å². The molecular weight excluding hydrogens is 344 g/mol. The van der Waals surface area contributed by atoms with Crippen molar-refractivity contribution < 1.29 is 9.90 Å². The van der Waals surface area contributed by atoms with Gasteiger partial charge in [-0.05, 0) is 77.1 Å². The maximum absolute atomic E-state index is 11.0. The first-order valence-electron chi connectivity index (χ1n) is 10.2. The third-order valence-electron chi connectivity index (χ3n) is 6.00. The molecule has 0 fully saturated rings. The second kappa shape index (κ2) is 8.18. The molecule has 0 saturated heterocycles. The van der Waals surface area contributed by atoms with Gasteiger partial charge < -0.3 is 5.11 Å². The quantitative estimate of drug-likeness (QED) is 0.562. The van der Waals surface area contributed by atoms with Crippen molar-refractivity contribution in [2.24, 2.45) is 0 Å². The number of carbonyl (C=O) groups is 1. The van der Waals surface area contributed by atoms with Gasteiger partial charge in [0, 0.05) is 0 Å². The number of fused-ring (bicyclic) bond motifs is 1. The van der Waals surface area contributed by atoms with Gasteiger partial charge in [-0.1, -0.05) is 69.7 Å². The minimum atomic E-state index is -0.894. The van der Waals surface area contributed by atoms with Gasteiger partial charge in [0.15, 0.2) is 0 Å². The van der Waals surface area contributed by atoms with Crippen LogP contribution in [0.4, 0.5) is 0 Å². The average Bonchev–Trinajstić information content (AvgIpc) is 2.69. The van der Waals surface area contributed by atoms with Crippen molar-refractivity contribution in [3.63, 3.8) is 0 Å². The summed E-state index contributed by atoms with van der Waals surface area (Å²) in [6, 6.07) is 13.8. The Morgan fingerprint density at radius 2 is 1.61 bits per heavy atom. The van der Waals surface area contributed by atoms with Crippen molar-refractivity contribution in [2.45, 2.75) is 58.8 Å². The van der Waals surface area contributed by atoms with Gasteiger partial charge in [-0.2, -0.15) is 0 Å². The van der Waals surface area contributed by atoms with Gasteiger partial charge in [0.05, 0.1) is 5.56 Å². The topological polar surface area (TPSA) is 37.3 Å². The van der Waals surface area contributed by atoms with Crippen LogP contribution in [0.2, 0.25) is 0 Å². The number of hydrogen-bond acceptors (Lipinski definition) is 1. The maximum Gasteiger partial charge on any atom is 0.335 e. The third kappa shape index (κ3) is 4.11. The van der Waals surface area contributed by atoms with Crippen molar-refractivity contribution in [1.29, 1.82) is 0 Å². The molecule has 0 amide bonds. The molecule has 0 aromatic heterocycles. The Balaban J connectivity index is 1.97. The smallest absolute Gasteiger partial charge is 0.335 e. The highest BCUT2D eigenvalue weighted by Gasteiger charge is 2.30. The van der Waals surface area contributed by atoms with Crippen LogP contribution in [0.3, 0.4) is 0 Å². The Bertz CT molecular complexity index is 921. The highest BCUT2D eigenvalue weighted by Crippen LogP contribution is 2.44. The normalized spacial score (nSPS) is 15.5. The molecule has 1 aliphatic carbocycles. The minimum absolute atomic E-state index is 0.209. The number of rotatable bonds is 5. The number of benzene rings is 2. The Labute approximate surface area is 168 Å². The number of hydrogen-bond donors (Lipinski definition) is 1. The third-order valence-corrected chi connectivity index (χ3v) is 6.00. The van der Waals surface area contributed by atoms with E-state index in [0.29, 0.717) is 5.56 Å². The van der Waals surface area contributed by atoms with Crippen LogP contribution in [-0.2, 0) is 5.41 Å². The van der Waals surface area contributed by atoms with Crippen LogP contribution in [0.25, 0.3) is 17.7 Å². The average molecular weight is 375 g/mol. The molecule has 3 rings (SSSR count). The van der Waals surface area contributed by atoms with Gasteiger partial charge in [0.1, 0.15) is 0 Å². The summed E-state index contributed by atoms with van der Waals surface area (Å²) in [6.07, 6.45) is 8.74. The molecule has 0 heterocycles. The molecule has 2 nitrogen and oxygen atoms in total. The van der Waals surface area contributed by atoms with Crippen molar-refractivity contribution in [3.8, 4) is 0 Å². The number of aromatic carboxylic acids is 1. The second-order valence-corrected chi connectivity index (χ2v) is 8.24. The summed E-state index contributed by atoms with van der Waals surface area (Å²) in [5.74, 6) is -0.894. The predicted octanol–water partition coefficient (Wildman–Crippen LogP) is 7.20. The molecule has 2 aromatic rings. The van der Waals surface area contributed by atoms with Crippen LogP contribution < -0.4 is 0 Å². The molecule has 146 valence electrons. The molecule has 1 aliphatic rings. The first kappa shape index (κ1) is 20.1. The summed E-state index contributed by atoms with van der Waals surface area (Å²) in [7, 11) is 0. The van der Waals surface area contributed by atoms with Gasteiger partial charge in [-0.3, -0.25) is 0 Å². The zero-order valence-electron chi connectivity index (χ0n) is 17.4. The SMILES string of the molecule is CCC(CC)=C1CCC(C)(C)c2ccc(/C=C/c3ccc(C(=O)O)cc3)cc21. The van der Waals surface area contributed by atoms with E-state index in [4.69, 9.17) is 5.11 Å². The van der Waals surface area contributed by atoms with E-state index in [0.717, 1.165) is 24.8 Å². The molecule has 0 unspecified atom stereocenters. The van der Waals surface area contributed by atoms with Gasteiger partial charge in [-0.25, -0.2) is 4.79 Å². The molecule has 1 N–H and O–H groups in total. The van der Waals surface area contributed by atoms with Crippen LogP contribution in [0.1, 0.15) is 86.0 Å². The fraction of sp³-hybridized carbons (Fsp3) is 0.346. The Kier molecular flexibility index (Phi) is 5.88. The van der Waals surface area contributed by atoms with E-state index in [1.54, 1.807) is 23.3 Å². The minimum Gasteiger partial charge on any atom is -0.478 e. The molecule has 0 atom stereocenters. The van der Waals surface area contributed by atoms with Crippen LogP contribution in [0, 0.1) is 0 Å². The summed E-state index contributed by atoms with van der Waals surface area (Å²) >= 11 is 0. The van der Waals surface area contributed by atoms with E-state index in [1.807, 2.05) is 18.2 Å². The maximum atomic E-state index is 11.0. The monoisotopic (exact) mass is 374 g/mol. The highest BCUT2D eigenvalue weighted by molar-refractivity contribution is 5.88. The molecular formula is C26H30O2. The summed E-state index contributed by atoms with van der Waals surface area (Å²) < 4.78 is 0. The standard InChI is InChI=1S/C26H30O2/c1-5-20(6-2)22-15-16-26(3,4)24-14-11-19(17-23(22)24)8-7-18-9-12-21(13-10-18)25(27)28/h7-14,17H,5-6,15-16H2,1-4H3,(H,27,28)/b8-7+. The van der Waals surface area contributed by atoms with Crippen molar-refractivity contribution in [1.82, 2.24) is 0 Å². The lowest BCUT2D eigenvalue weighted by Crippen LogP contribution is -2.23.